The van der Waals surface area contributed by atoms with Crippen LogP contribution >= 0.6 is 0 Å². The fourth-order valence-electron chi connectivity index (χ4n) is 3.12. The van der Waals surface area contributed by atoms with Crippen LogP contribution in [0.3, 0.4) is 0 Å². The van der Waals surface area contributed by atoms with Gasteiger partial charge in [0.1, 0.15) is 5.75 Å². The van der Waals surface area contributed by atoms with Crippen LogP contribution in [0.25, 0.3) is 11.4 Å². The summed E-state index contributed by atoms with van der Waals surface area (Å²) in [5.41, 5.74) is 0.806. The van der Waals surface area contributed by atoms with E-state index in [4.69, 9.17) is 14.4 Å². The van der Waals surface area contributed by atoms with Gasteiger partial charge in [0.2, 0.25) is 17.6 Å². The van der Waals surface area contributed by atoms with E-state index in [0.29, 0.717) is 44.1 Å². The first-order chi connectivity index (χ1) is 13.1. The summed E-state index contributed by atoms with van der Waals surface area (Å²) in [7, 11) is 0. The minimum Gasteiger partial charge on any atom is -0.494 e. The van der Waals surface area contributed by atoms with Gasteiger partial charge in [-0.25, -0.2) is 0 Å². The number of nitrogens with zero attached hydrogens (tertiary/aromatic N) is 3. The van der Waals surface area contributed by atoms with Crippen molar-refractivity contribution in [3.63, 3.8) is 0 Å². The molecule has 1 aromatic carbocycles. The molecule has 27 heavy (non-hydrogen) atoms. The molecule has 8 heteroatoms. The fraction of sp³-hybridized carbons (Fsp3) is 0.474. The first-order valence-electron chi connectivity index (χ1n) is 9.13. The number of benzene rings is 1. The first kappa shape index (κ1) is 18.9. The number of aromatic nitrogens is 2. The number of ether oxygens (including phenoxy) is 1. The highest BCUT2D eigenvalue weighted by molar-refractivity contribution is 5.78. The average Bonchev–Trinajstić information content (AvgIpc) is 3.16. The quantitative estimate of drug-likeness (QED) is 0.794. The van der Waals surface area contributed by atoms with Gasteiger partial charge in [0.15, 0.2) is 0 Å². The Morgan fingerprint density at radius 2 is 2.11 bits per heavy atom. The Morgan fingerprint density at radius 1 is 1.33 bits per heavy atom. The summed E-state index contributed by atoms with van der Waals surface area (Å²) < 4.78 is 10.6. The SMILES string of the molecule is CCOc1ccc(-c2noc(CCC(=O)N3CCCC(C(=O)O)C3)n2)cc1. The zero-order valence-corrected chi connectivity index (χ0v) is 15.3. The van der Waals surface area contributed by atoms with Crippen molar-refractivity contribution in [2.75, 3.05) is 19.7 Å². The molecule has 0 saturated carbocycles. The second-order valence-electron chi connectivity index (χ2n) is 6.49. The molecule has 0 bridgehead atoms. The summed E-state index contributed by atoms with van der Waals surface area (Å²) >= 11 is 0. The molecular weight excluding hydrogens is 350 g/mol. The number of amides is 1. The molecule has 1 atom stereocenters. The molecule has 1 aliphatic rings. The molecular formula is C19H23N3O5. The normalized spacial score (nSPS) is 16.9. The largest absolute Gasteiger partial charge is 0.494 e. The van der Waals surface area contributed by atoms with Gasteiger partial charge in [-0.2, -0.15) is 4.98 Å². The molecule has 2 heterocycles. The molecule has 1 N–H and O–H groups in total. The number of hydrogen-bond acceptors (Lipinski definition) is 6. The summed E-state index contributed by atoms with van der Waals surface area (Å²) in [5, 5.41) is 13.1. The van der Waals surface area contributed by atoms with Crippen molar-refractivity contribution in [1.82, 2.24) is 15.0 Å². The number of carbonyl (C=O) groups excluding carboxylic acids is 1. The Hall–Kier alpha value is -2.90. The molecule has 1 unspecified atom stereocenters. The second kappa shape index (κ2) is 8.66. The van der Waals surface area contributed by atoms with E-state index in [2.05, 4.69) is 10.1 Å². The lowest BCUT2D eigenvalue weighted by Crippen LogP contribution is -2.42. The lowest BCUT2D eigenvalue weighted by molar-refractivity contribution is -0.145. The highest BCUT2D eigenvalue weighted by atomic mass is 16.5. The number of carboxylic acid groups (broad SMARTS) is 1. The minimum absolute atomic E-state index is 0.0817. The molecule has 3 rings (SSSR count). The van der Waals surface area contributed by atoms with Crippen LogP contribution in [0.1, 0.15) is 32.1 Å². The Bertz CT molecular complexity index is 787. The Labute approximate surface area is 157 Å². The standard InChI is InChI=1S/C19H23N3O5/c1-2-26-15-7-5-13(6-8-15)18-20-16(27-21-18)9-10-17(23)22-11-3-4-14(12-22)19(24)25/h5-8,14H,2-4,9-12H2,1H3,(H,24,25). The number of aliphatic carboxylic acids is 1. The zero-order valence-electron chi connectivity index (χ0n) is 15.3. The summed E-state index contributed by atoms with van der Waals surface area (Å²) in [6, 6.07) is 7.39. The van der Waals surface area contributed by atoms with E-state index >= 15 is 0 Å². The van der Waals surface area contributed by atoms with Crippen molar-refractivity contribution in [3.8, 4) is 17.1 Å². The minimum atomic E-state index is -0.843. The van der Waals surface area contributed by atoms with Crippen LogP contribution in [-0.4, -0.2) is 51.7 Å². The monoisotopic (exact) mass is 373 g/mol. The summed E-state index contributed by atoms with van der Waals surface area (Å²) in [6.45, 7) is 3.40. The number of likely N-dealkylation sites (tertiary alicyclic amines) is 1. The van der Waals surface area contributed by atoms with E-state index in [1.54, 1.807) is 4.90 Å². The molecule has 1 amide bonds. The van der Waals surface area contributed by atoms with Crippen molar-refractivity contribution < 1.29 is 24.0 Å². The van der Waals surface area contributed by atoms with E-state index in [1.807, 2.05) is 31.2 Å². The topological polar surface area (TPSA) is 106 Å². The van der Waals surface area contributed by atoms with Gasteiger partial charge in [0, 0.05) is 31.5 Å². The van der Waals surface area contributed by atoms with Crippen LogP contribution in [0.2, 0.25) is 0 Å². The molecule has 0 aliphatic carbocycles. The smallest absolute Gasteiger partial charge is 0.308 e. The number of rotatable bonds is 7. The van der Waals surface area contributed by atoms with Gasteiger partial charge in [-0.3, -0.25) is 9.59 Å². The number of carbonyl (C=O) groups is 2. The van der Waals surface area contributed by atoms with Crippen molar-refractivity contribution in [2.45, 2.75) is 32.6 Å². The van der Waals surface area contributed by atoms with Gasteiger partial charge in [0.05, 0.1) is 12.5 Å². The van der Waals surface area contributed by atoms with Crippen LogP contribution in [-0.2, 0) is 16.0 Å². The van der Waals surface area contributed by atoms with Crippen LogP contribution in [0.5, 0.6) is 5.75 Å². The van der Waals surface area contributed by atoms with E-state index < -0.39 is 11.9 Å². The predicted molar refractivity (Wildman–Crippen MR) is 96.2 cm³/mol. The molecule has 1 fully saturated rings. The van der Waals surface area contributed by atoms with Gasteiger partial charge in [-0.15, -0.1) is 0 Å². The highest BCUT2D eigenvalue weighted by Crippen LogP contribution is 2.21. The van der Waals surface area contributed by atoms with Crippen LogP contribution in [0.4, 0.5) is 0 Å². The number of aryl methyl sites for hydroxylation is 1. The van der Waals surface area contributed by atoms with Crippen molar-refractivity contribution in [1.29, 1.82) is 0 Å². The summed E-state index contributed by atoms with van der Waals surface area (Å²) in [5.74, 6) is 0.226. The third kappa shape index (κ3) is 4.84. The van der Waals surface area contributed by atoms with Gasteiger partial charge >= 0.3 is 5.97 Å². The number of piperidine rings is 1. The van der Waals surface area contributed by atoms with Crippen LogP contribution in [0, 0.1) is 5.92 Å². The fourth-order valence-corrected chi connectivity index (χ4v) is 3.12. The Kier molecular flexibility index (Phi) is 6.05. The van der Waals surface area contributed by atoms with Gasteiger partial charge < -0.3 is 19.3 Å². The average molecular weight is 373 g/mol. The zero-order chi connectivity index (χ0) is 19.2. The summed E-state index contributed by atoms with van der Waals surface area (Å²) in [4.78, 5) is 29.4. The maximum Gasteiger partial charge on any atom is 0.308 e. The third-order valence-electron chi connectivity index (χ3n) is 4.57. The highest BCUT2D eigenvalue weighted by Gasteiger charge is 2.28. The third-order valence-corrected chi connectivity index (χ3v) is 4.57. The Morgan fingerprint density at radius 3 is 2.81 bits per heavy atom. The molecule has 1 saturated heterocycles. The van der Waals surface area contributed by atoms with E-state index in [-0.39, 0.29) is 18.9 Å². The maximum atomic E-state index is 12.3. The molecule has 1 aliphatic heterocycles. The molecule has 0 radical (unpaired) electrons. The lowest BCUT2D eigenvalue weighted by atomic mass is 9.98. The molecule has 1 aromatic heterocycles. The van der Waals surface area contributed by atoms with Crippen molar-refractivity contribution in [2.24, 2.45) is 5.92 Å². The van der Waals surface area contributed by atoms with Gasteiger partial charge in [-0.1, -0.05) is 5.16 Å². The van der Waals surface area contributed by atoms with Gasteiger partial charge in [0.25, 0.3) is 0 Å². The van der Waals surface area contributed by atoms with Crippen LogP contribution < -0.4 is 4.74 Å². The first-order valence-corrected chi connectivity index (χ1v) is 9.13. The number of carboxylic acids is 1. The second-order valence-corrected chi connectivity index (χ2v) is 6.49. The Balaban J connectivity index is 1.54. The van der Waals surface area contributed by atoms with Crippen LogP contribution in [0.15, 0.2) is 28.8 Å². The maximum absolute atomic E-state index is 12.3. The predicted octanol–water partition coefficient (Wildman–Crippen LogP) is 2.39. The van der Waals surface area contributed by atoms with E-state index in [0.717, 1.165) is 11.3 Å². The molecule has 8 nitrogen and oxygen atoms in total. The van der Waals surface area contributed by atoms with Gasteiger partial charge in [-0.05, 0) is 44.0 Å². The number of hydrogen-bond donors (Lipinski definition) is 1. The van der Waals surface area contributed by atoms with E-state index in [1.165, 1.54) is 0 Å². The molecule has 144 valence electrons. The lowest BCUT2D eigenvalue weighted by Gasteiger charge is -2.30. The van der Waals surface area contributed by atoms with Crippen molar-refractivity contribution in [3.05, 3.63) is 30.2 Å². The summed E-state index contributed by atoms with van der Waals surface area (Å²) in [6.07, 6.45) is 1.88. The van der Waals surface area contributed by atoms with E-state index in [9.17, 15) is 9.59 Å². The molecule has 0 spiro atoms. The molecule has 2 aromatic rings. The van der Waals surface area contributed by atoms with Crippen molar-refractivity contribution >= 4 is 11.9 Å².